The molecule has 0 unspecified atom stereocenters. The third kappa shape index (κ3) is 4.09. The van der Waals surface area contributed by atoms with Gasteiger partial charge in [0.05, 0.1) is 0 Å². The Morgan fingerprint density at radius 3 is 2.52 bits per heavy atom. The van der Waals surface area contributed by atoms with Gasteiger partial charge in [-0.15, -0.1) is 0 Å². The molecule has 0 spiro atoms. The van der Waals surface area contributed by atoms with Gasteiger partial charge in [0.25, 0.3) is 0 Å². The number of nitrogens with one attached hydrogen (secondary N) is 1. The van der Waals surface area contributed by atoms with Crippen LogP contribution in [0.2, 0.25) is 0 Å². The van der Waals surface area contributed by atoms with Crippen LogP contribution in [0.4, 0.5) is 11.4 Å². The molecule has 3 nitrogen and oxygen atoms in total. The van der Waals surface area contributed by atoms with Crippen LogP contribution < -0.4 is 11.1 Å². The molecule has 0 fully saturated rings. The van der Waals surface area contributed by atoms with Gasteiger partial charge in [-0.3, -0.25) is 4.79 Å². The van der Waals surface area contributed by atoms with E-state index in [0.29, 0.717) is 12.1 Å². The number of carbonyl (C=O) groups excluding carboxylic acids is 1. The highest BCUT2D eigenvalue weighted by atomic mass is 16.1. The molecule has 2 aromatic rings. The lowest BCUT2D eigenvalue weighted by Gasteiger charge is -2.13. The molecular weight excluding hydrogens is 260 g/mol. The van der Waals surface area contributed by atoms with Crippen LogP contribution in [-0.4, -0.2) is 5.91 Å². The Hall–Kier alpha value is -2.29. The van der Waals surface area contributed by atoms with Crippen LogP contribution in [0.25, 0.3) is 0 Å². The van der Waals surface area contributed by atoms with Crippen molar-refractivity contribution in [1.29, 1.82) is 0 Å². The quantitative estimate of drug-likeness (QED) is 0.818. The summed E-state index contributed by atoms with van der Waals surface area (Å²) in [6.45, 7) is 3.91. The lowest BCUT2D eigenvalue weighted by atomic mass is 10.1. The first-order chi connectivity index (χ1) is 10.1. The second kappa shape index (κ2) is 6.93. The number of carbonyl (C=O) groups is 1. The lowest BCUT2D eigenvalue weighted by Crippen LogP contribution is -2.14. The Kier molecular flexibility index (Phi) is 4.99. The van der Waals surface area contributed by atoms with Crippen LogP contribution in [0.15, 0.2) is 42.5 Å². The van der Waals surface area contributed by atoms with Crippen molar-refractivity contribution in [1.82, 2.24) is 0 Å². The monoisotopic (exact) mass is 282 g/mol. The predicted octanol–water partition coefficient (Wildman–Crippen LogP) is 3.85. The highest BCUT2D eigenvalue weighted by molar-refractivity contribution is 5.93. The van der Waals surface area contributed by atoms with Crippen LogP contribution in [0.1, 0.15) is 29.5 Å². The van der Waals surface area contributed by atoms with Gasteiger partial charge in [-0.2, -0.15) is 0 Å². The molecular formula is C18H22N2O. The SMILES string of the molecule is Cc1ccc(N)c(C)c1NC(=O)CCCc1ccccc1. The van der Waals surface area contributed by atoms with Crippen molar-refractivity contribution in [3.8, 4) is 0 Å². The van der Waals surface area contributed by atoms with Crippen molar-refractivity contribution in [3.05, 3.63) is 59.2 Å². The van der Waals surface area contributed by atoms with Crippen molar-refractivity contribution < 1.29 is 4.79 Å². The smallest absolute Gasteiger partial charge is 0.224 e. The number of hydrogen-bond donors (Lipinski definition) is 2. The Balaban J connectivity index is 1.89. The van der Waals surface area contributed by atoms with Gasteiger partial charge in [-0.25, -0.2) is 0 Å². The summed E-state index contributed by atoms with van der Waals surface area (Å²) in [5, 5.41) is 2.99. The maximum atomic E-state index is 12.1. The van der Waals surface area contributed by atoms with E-state index in [4.69, 9.17) is 5.73 Å². The largest absolute Gasteiger partial charge is 0.398 e. The minimum absolute atomic E-state index is 0.0442. The Bertz CT molecular complexity index is 621. The van der Waals surface area contributed by atoms with Gasteiger partial charge in [0, 0.05) is 17.8 Å². The summed E-state index contributed by atoms with van der Waals surface area (Å²) in [5.41, 5.74) is 10.7. The molecule has 3 N–H and O–H groups in total. The number of aryl methyl sites for hydroxylation is 2. The van der Waals surface area contributed by atoms with E-state index in [2.05, 4.69) is 17.4 Å². The van der Waals surface area contributed by atoms with Crippen LogP contribution >= 0.6 is 0 Å². The van der Waals surface area contributed by atoms with E-state index in [-0.39, 0.29) is 5.91 Å². The summed E-state index contributed by atoms with van der Waals surface area (Å²) in [6.07, 6.45) is 2.28. The number of hydrogen-bond acceptors (Lipinski definition) is 2. The Morgan fingerprint density at radius 1 is 1.10 bits per heavy atom. The van der Waals surface area contributed by atoms with Crippen LogP contribution in [0.5, 0.6) is 0 Å². The van der Waals surface area contributed by atoms with E-state index in [0.717, 1.165) is 29.7 Å². The first kappa shape index (κ1) is 15.1. The van der Waals surface area contributed by atoms with Gasteiger partial charge in [0.15, 0.2) is 0 Å². The molecule has 0 atom stereocenters. The normalized spacial score (nSPS) is 10.4. The van der Waals surface area contributed by atoms with Gasteiger partial charge < -0.3 is 11.1 Å². The van der Waals surface area contributed by atoms with E-state index in [1.54, 1.807) is 0 Å². The average Bonchev–Trinajstić information content (AvgIpc) is 2.49. The van der Waals surface area contributed by atoms with Gasteiger partial charge >= 0.3 is 0 Å². The fourth-order valence-corrected chi connectivity index (χ4v) is 2.36. The molecule has 0 aliphatic heterocycles. The highest BCUT2D eigenvalue weighted by Crippen LogP contribution is 2.25. The molecule has 21 heavy (non-hydrogen) atoms. The van der Waals surface area contributed by atoms with Crippen molar-refractivity contribution in [3.63, 3.8) is 0 Å². The summed E-state index contributed by atoms with van der Waals surface area (Å²) in [6, 6.07) is 14.0. The molecule has 0 bridgehead atoms. The molecule has 2 rings (SSSR count). The second-order valence-corrected chi connectivity index (χ2v) is 5.36. The van der Waals surface area contributed by atoms with Gasteiger partial charge in [0.1, 0.15) is 0 Å². The number of rotatable bonds is 5. The number of nitrogens with two attached hydrogens (primary N) is 1. The molecule has 2 aromatic carbocycles. The zero-order valence-corrected chi connectivity index (χ0v) is 12.6. The first-order valence-corrected chi connectivity index (χ1v) is 7.27. The van der Waals surface area contributed by atoms with Crippen LogP contribution in [0, 0.1) is 13.8 Å². The molecule has 0 aromatic heterocycles. The van der Waals surface area contributed by atoms with E-state index in [9.17, 15) is 4.79 Å². The molecule has 0 saturated heterocycles. The molecule has 0 heterocycles. The summed E-state index contributed by atoms with van der Waals surface area (Å²) in [4.78, 5) is 12.1. The molecule has 0 aliphatic rings. The molecule has 3 heteroatoms. The minimum Gasteiger partial charge on any atom is -0.398 e. The number of benzene rings is 2. The van der Waals surface area contributed by atoms with Gasteiger partial charge in [-0.05, 0) is 49.4 Å². The number of anilines is 2. The molecule has 0 saturated carbocycles. The maximum absolute atomic E-state index is 12.1. The van der Waals surface area contributed by atoms with Crippen LogP contribution in [-0.2, 0) is 11.2 Å². The highest BCUT2D eigenvalue weighted by Gasteiger charge is 2.09. The maximum Gasteiger partial charge on any atom is 0.224 e. The topological polar surface area (TPSA) is 55.1 Å². The summed E-state index contributed by atoms with van der Waals surface area (Å²) in [5.74, 6) is 0.0442. The van der Waals surface area contributed by atoms with Crippen molar-refractivity contribution in [2.45, 2.75) is 33.1 Å². The Labute approximate surface area is 126 Å². The molecule has 0 aliphatic carbocycles. The van der Waals surface area contributed by atoms with Crippen molar-refractivity contribution >= 4 is 17.3 Å². The zero-order valence-electron chi connectivity index (χ0n) is 12.6. The Morgan fingerprint density at radius 2 is 1.81 bits per heavy atom. The minimum atomic E-state index is 0.0442. The summed E-state index contributed by atoms with van der Waals surface area (Å²) >= 11 is 0. The number of nitrogen functional groups attached to an aromatic ring is 1. The van der Waals surface area contributed by atoms with Crippen molar-refractivity contribution in [2.75, 3.05) is 11.1 Å². The van der Waals surface area contributed by atoms with E-state index >= 15 is 0 Å². The molecule has 110 valence electrons. The fraction of sp³-hybridized carbons (Fsp3) is 0.278. The van der Waals surface area contributed by atoms with E-state index < -0.39 is 0 Å². The van der Waals surface area contributed by atoms with Gasteiger partial charge in [-0.1, -0.05) is 36.4 Å². The van der Waals surface area contributed by atoms with Crippen LogP contribution in [0.3, 0.4) is 0 Å². The first-order valence-electron chi connectivity index (χ1n) is 7.27. The molecule has 1 amide bonds. The number of amides is 1. The third-order valence-electron chi connectivity index (χ3n) is 3.69. The lowest BCUT2D eigenvalue weighted by molar-refractivity contribution is -0.116. The summed E-state index contributed by atoms with van der Waals surface area (Å²) in [7, 11) is 0. The molecule has 0 radical (unpaired) electrons. The van der Waals surface area contributed by atoms with Crippen molar-refractivity contribution in [2.24, 2.45) is 0 Å². The predicted molar refractivity (Wildman–Crippen MR) is 88.3 cm³/mol. The fourth-order valence-electron chi connectivity index (χ4n) is 2.36. The standard InChI is InChI=1S/C18H22N2O/c1-13-11-12-16(19)14(2)18(13)20-17(21)10-6-9-15-7-4-3-5-8-15/h3-5,7-8,11-12H,6,9-10,19H2,1-2H3,(H,20,21). The summed E-state index contributed by atoms with van der Waals surface area (Å²) < 4.78 is 0. The zero-order chi connectivity index (χ0) is 15.2. The third-order valence-corrected chi connectivity index (χ3v) is 3.69. The second-order valence-electron chi connectivity index (χ2n) is 5.36. The van der Waals surface area contributed by atoms with E-state index in [1.165, 1.54) is 5.56 Å². The van der Waals surface area contributed by atoms with Gasteiger partial charge in [0.2, 0.25) is 5.91 Å². The average molecular weight is 282 g/mol. The van der Waals surface area contributed by atoms with E-state index in [1.807, 2.05) is 44.2 Å².